The van der Waals surface area contributed by atoms with Crippen LogP contribution in [-0.4, -0.2) is 56.1 Å². The molecule has 2 atom stereocenters. The van der Waals surface area contributed by atoms with Crippen molar-refractivity contribution in [2.24, 2.45) is 11.8 Å². The molecule has 8 nitrogen and oxygen atoms in total. The van der Waals surface area contributed by atoms with Gasteiger partial charge in [0.15, 0.2) is 6.61 Å². The lowest BCUT2D eigenvalue weighted by molar-refractivity contribution is -0.137. The van der Waals surface area contributed by atoms with Crippen LogP contribution in [0, 0.1) is 18.8 Å². The molecule has 8 heteroatoms. The highest BCUT2D eigenvalue weighted by Gasteiger charge is 2.26. The number of carbonyl (C=O) groups is 2. The molecular formula is C16H21N5O3. The first-order valence-corrected chi connectivity index (χ1v) is 8.07. The molecule has 1 saturated heterocycles. The average molecular weight is 331 g/mol. The van der Waals surface area contributed by atoms with Gasteiger partial charge in [0, 0.05) is 25.0 Å². The summed E-state index contributed by atoms with van der Waals surface area (Å²) < 4.78 is 6.55. The van der Waals surface area contributed by atoms with Gasteiger partial charge in [-0.3, -0.25) is 4.79 Å². The summed E-state index contributed by atoms with van der Waals surface area (Å²) in [5.41, 5.74) is 0.805. The fourth-order valence-corrected chi connectivity index (χ4v) is 3.14. The molecule has 3 rings (SSSR count). The number of aromatic nitrogens is 4. The monoisotopic (exact) mass is 331 g/mol. The van der Waals surface area contributed by atoms with Crippen LogP contribution >= 0.6 is 0 Å². The zero-order chi connectivity index (χ0) is 17.3. The Bertz CT molecular complexity index is 762. The smallest absolute Gasteiger partial charge is 0.378 e. The van der Waals surface area contributed by atoms with E-state index >= 15 is 0 Å². The summed E-state index contributed by atoms with van der Waals surface area (Å²) in [6.45, 7) is 7.20. The quantitative estimate of drug-likeness (QED) is 0.782. The van der Waals surface area contributed by atoms with Crippen molar-refractivity contribution in [2.75, 3.05) is 19.7 Å². The van der Waals surface area contributed by atoms with Crippen LogP contribution in [0.25, 0.3) is 5.78 Å². The Labute approximate surface area is 139 Å². The summed E-state index contributed by atoms with van der Waals surface area (Å²) in [5.74, 6) is 0.258. The molecule has 1 fully saturated rings. The summed E-state index contributed by atoms with van der Waals surface area (Å²) >= 11 is 0. The molecule has 3 heterocycles. The molecule has 0 spiro atoms. The third kappa shape index (κ3) is 3.37. The number of esters is 1. The summed E-state index contributed by atoms with van der Waals surface area (Å²) in [4.78, 5) is 34.1. The average Bonchev–Trinajstić information content (AvgIpc) is 2.97. The Morgan fingerprint density at radius 3 is 2.67 bits per heavy atom. The van der Waals surface area contributed by atoms with Crippen molar-refractivity contribution in [3.05, 3.63) is 23.8 Å². The first-order valence-electron chi connectivity index (χ1n) is 8.07. The van der Waals surface area contributed by atoms with Gasteiger partial charge >= 0.3 is 5.97 Å². The lowest BCUT2D eigenvalue weighted by Gasteiger charge is -2.34. The molecule has 2 aromatic rings. The number of nitrogens with zero attached hydrogens (tertiary/aromatic N) is 5. The van der Waals surface area contributed by atoms with Crippen molar-refractivity contribution in [3.63, 3.8) is 0 Å². The molecule has 2 aromatic heterocycles. The SMILES string of the molecule is Cc1ccnc2nc(C(=O)OCC(=O)N3C[C@H](C)C[C@@H](C)C3)nn12. The Hall–Kier alpha value is -2.51. The van der Waals surface area contributed by atoms with Crippen molar-refractivity contribution < 1.29 is 14.3 Å². The Morgan fingerprint density at radius 1 is 1.29 bits per heavy atom. The molecule has 1 aliphatic rings. The number of piperidine rings is 1. The number of carbonyl (C=O) groups excluding carboxylic acids is 2. The van der Waals surface area contributed by atoms with Crippen LogP contribution in [0.15, 0.2) is 12.3 Å². The number of amides is 1. The Balaban J connectivity index is 1.62. The van der Waals surface area contributed by atoms with Gasteiger partial charge in [0.1, 0.15) is 0 Å². The largest absolute Gasteiger partial charge is 0.450 e. The molecule has 0 unspecified atom stereocenters. The minimum absolute atomic E-state index is 0.0926. The molecule has 128 valence electrons. The van der Waals surface area contributed by atoms with Crippen molar-refractivity contribution in [2.45, 2.75) is 27.2 Å². The standard InChI is InChI=1S/C16H21N5O3/c1-10-6-11(2)8-20(7-10)13(22)9-24-15(23)14-18-16-17-5-4-12(3)21(16)19-14/h4-5,10-11H,6-9H2,1-3H3/t10-,11-/m1/s1. The van der Waals surface area contributed by atoms with Gasteiger partial charge < -0.3 is 9.64 Å². The van der Waals surface area contributed by atoms with Crippen molar-refractivity contribution in [3.8, 4) is 0 Å². The van der Waals surface area contributed by atoms with Gasteiger partial charge in [-0.1, -0.05) is 13.8 Å². The number of hydrogen-bond donors (Lipinski definition) is 0. The Kier molecular flexibility index (Phi) is 4.46. The highest BCUT2D eigenvalue weighted by Crippen LogP contribution is 2.20. The van der Waals surface area contributed by atoms with E-state index in [9.17, 15) is 9.59 Å². The maximum atomic E-state index is 12.2. The zero-order valence-electron chi connectivity index (χ0n) is 14.1. The van der Waals surface area contributed by atoms with Crippen molar-refractivity contribution >= 4 is 17.7 Å². The number of fused-ring (bicyclic) bond motifs is 1. The predicted octanol–water partition coefficient (Wildman–Crippen LogP) is 1.09. The first-order chi connectivity index (χ1) is 11.4. The van der Waals surface area contributed by atoms with E-state index in [1.807, 2.05) is 6.92 Å². The zero-order valence-corrected chi connectivity index (χ0v) is 14.1. The topological polar surface area (TPSA) is 89.7 Å². The predicted molar refractivity (Wildman–Crippen MR) is 85.3 cm³/mol. The van der Waals surface area contributed by atoms with E-state index in [1.54, 1.807) is 17.2 Å². The molecule has 0 aromatic carbocycles. The number of rotatable bonds is 3. The fourth-order valence-electron chi connectivity index (χ4n) is 3.14. The van der Waals surface area contributed by atoms with Crippen LogP contribution in [0.4, 0.5) is 0 Å². The van der Waals surface area contributed by atoms with E-state index in [4.69, 9.17) is 4.74 Å². The molecule has 0 saturated carbocycles. The molecule has 1 amide bonds. The minimum Gasteiger partial charge on any atom is -0.450 e. The van der Waals surface area contributed by atoms with E-state index in [0.717, 1.165) is 12.1 Å². The van der Waals surface area contributed by atoms with E-state index in [0.29, 0.717) is 30.7 Å². The van der Waals surface area contributed by atoms with E-state index in [-0.39, 0.29) is 18.3 Å². The molecule has 24 heavy (non-hydrogen) atoms. The Morgan fingerprint density at radius 2 is 2.00 bits per heavy atom. The van der Waals surface area contributed by atoms with Gasteiger partial charge in [-0.2, -0.15) is 4.98 Å². The number of ether oxygens (including phenoxy) is 1. The summed E-state index contributed by atoms with van der Waals surface area (Å²) in [6.07, 6.45) is 2.71. The summed E-state index contributed by atoms with van der Waals surface area (Å²) in [6, 6.07) is 1.76. The number of aryl methyl sites for hydroxylation is 1. The van der Waals surface area contributed by atoms with Gasteiger partial charge in [0.05, 0.1) is 0 Å². The third-order valence-corrected chi connectivity index (χ3v) is 4.16. The van der Waals surface area contributed by atoms with E-state index in [1.165, 1.54) is 4.52 Å². The van der Waals surface area contributed by atoms with Gasteiger partial charge in [0.2, 0.25) is 0 Å². The maximum Gasteiger partial charge on any atom is 0.378 e. The fraction of sp³-hybridized carbons (Fsp3) is 0.562. The molecular weight excluding hydrogens is 310 g/mol. The second kappa shape index (κ2) is 6.54. The number of likely N-dealkylation sites (tertiary alicyclic amines) is 1. The van der Waals surface area contributed by atoms with Gasteiger partial charge in [-0.15, -0.1) is 5.10 Å². The van der Waals surface area contributed by atoms with Crippen molar-refractivity contribution in [1.29, 1.82) is 0 Å². The summed E-state index contributed by atoms with van der Waals surface area (Å²) in [5, 5.41) is 4.07. The highest BCUT2D eigenvalue weighted by molar-refractivity contribution is 5.88. The molecule has 0 aliphatic carbocycles. The van der Waals surface area contributed by atoms with Crippen LogP contribution in [0.1, 0.15) is 36.6 Å². The van der Waals surface area contributed by atoms with E-state index < -0.39 is 5.97 Å². The normalized spacial score (nSPS) is 21.0. The summed E-state index contributed by atoms with van der Waals surface area (Å²) in [7, 11) is 0. The molecule has 0 N–H and O–H groups in total. The highest BCUT2D eigenvalue weighted by atomic mass is 16.5. The second-order valence-corrected chi connectivity index (χ2v) is 6.55. The van der Waals surface area contributed by atoms with Crippen LogP contribution in [-0.2, 0) is 9.53 Å². The third-order valence-electron chi connectivity index (χ3n) is 4.16. The first kappa shape index (κ1) is 16.4. The minimum atomic E-state index is -0.716. The van der Waals surface area contributed by atoms with E-state index in [2.05, 4.69) is 28.9 Å². The number of hydrogen-bond acceptors (Lipinski definition) is 6. The maximum absolute atomic E-state index is 12.2. The molecule has 0 bridgehead atoms. The van der Waals surface area contributed by atoms with Crippen LogP contribution in [0.5, 0.6) is 0 Å². The lowest BCUT2D eigenvalue weighted by Crippen LogP contribution is -2.44. The molecule has 1 aliphatic heterocycles. The van der Waals surface area contributed by atoms with Gasteiger partial charge in [-0.05, 0) is 31.2 Å². The molecule has 0 radical (unpaired) electrons. The second-order valence-electron chi connectivity index (χ2n) is 6.55. The van der Waals surface area contributed by atoms with Gasteiger partial charge in [-0.25, -0.2) is 14.3 Å². The lowest BCUT2D eigenvalue weighted by atomic mass is 9.92. The van der Waals surface area contributed by atoms with Gasteiger partial charge in [0.25, 0.3) is 17.5 Å². The van der Waals surface area contributed by atoms with Crippen LogP contribution in [0.2, 0.25) is 0 Å². The van der Waals surface area contributed by atoms with Crippen molar-refractivity contribution in [1.82, 2.24) is 24.5 Å². The van der Waals surface area contributed by atoms with Crippen LogP contribution < -0.4 is 0 Å². The van der Waals surface area contributed by atoms with Crippen LogP contribution in [0.3, 0.4) is 0 Å².